The van der Waals surface area contributed by atoms with Crippen molar-refractivity contribution in [3.63, 3.8) is 0 Å². The zero-order chi connectivity index (χ0) is 23.1. The molecular weight excluding hydrogens is 437 g/mol. The van der Waals surface area contributed by atoms with Gasteiger partial charge in [0.25, 0.3) is 5.91 Å². The average molecular weight is 464 g/mol. The molecule has 1 aliphatic heterocycles. The second-order valence-corrected chi connectivity index (χ2v) is 9.52. The zero-order valence-corrected chi connectivity index (χ0v) is 18.3. The summed E-state index contributed by atoms with van der Waals surface area (Å²) < 4.78 is 39.7. The maximum atomic E-state index is 13.1. The Balaban J connectivity index is 1.37. The normalized spacial score (nSPS) is 15.3. The molecule has 172 valence electrons. The van der Waals surface area contributed by atoms with Crippen LogP contribution in [0.5, 0.6) is 5.75 Å². The Morgan fingerprint density at radius 2 is 1.69 bits per heavy atom. The van der Waals surface area contributed by atoms with Crippen LogP contribution in [0, 0.1) is 11.7 Å². The first-order chi connectivity index (χ1) is 15.3. The molecule has 0 atom stereocenters. The van der Waals surface area contributed by atoms with Gasteiger partial charge in [0, 0.05) is 37.7 Å². The molecule has 0 saturated carbocycles. The van der Waals surface area contributed by atoms with Crippen LogP contribution in [-0.2, 0) is 14.8 Å². The van der Waals surface area contributed by atoms with Crippen LogP contribution in [0.2, 0.25) is 0 Å². The van der Waals surface area contributed by atoms with Crippen LogP contribution in [0.1, 0.15) is 29.6 Å². The molecule has 2 amide bonds. The van der Waals surface area contributed by atoms with Gasteiger partial charge in [0.05, 0.1) is 4.90 Å². The highest BCUT2D eigenvalue weighted by molar-refractivity contribution is 7.89. The van der Waals surface area contributed by atoms with Gasteiger partial charge in [0.1, 0.15) is 11.6 Å². The summed E-state index contributed by atoms with van der Waals surface area (Å²) in [5.74, 6) is -1.21. The molecule has 2 aromatic rings. The molecule has 0 aliphatic carbocycles. The Kier molecular flexibility index (Phi) is 7.81. The molecule has 3 N–H and O–H groups in total. The van der Waals surface area contributed by atoms with E-state index in [0.717, 1.165) is 12.1 Å². The van der Waals surface area contributed by atoms with Gasteiger partial charge in [-0.2, -0.15) is 4.31 Å². The molecule has 3 rings (SSSR count). The molecule has 10 heteroatoms. The number of phenols is 1. The van der Waals surface area contributed by atoms with Gasteiger partial charge < -0.3 is 15.7 Å². The summed E-state index contributed by atoms with van der Waals surface area (Å²) in [5, 5.41) is 15.0. The molecule has 0 radical (unpaired) electrons. The summed E-state index contributed by atoms with van der Waals surface area (Å²) in [5.41, 5.74) is 0.358. The summed E-state index contributed by atoms with van der Waals surface area (Å²) in [6.07, 6.45) is 1.34. The van der Waals surface area contributed by atoms with Gasteiger partial charge >= 0.3 is 0 Å². The van der Waals surface area contributed by atoms with Crippen LogP contribution in [0.15, 0.2) is 53.4 Å². The molecule has 8 nitrogen and oxygen atoms in total. The molecule has 2 aromatic carbocycles. The second-order valence-electron chi connectivity index (χ2n) is 7.58. The van der Waals surface area contributed by atoms with E-state index in [1.807, 2.05) is 0 Å². The average Bonchev–Trinajstić information content (AvgIpc) is 2.79. The van der Waals surface area contributed by atoms with Gasteiger partial charge in [-0.15, -0.1) is 0 Å². The van der Waals surface area contributed by atoms with Crippen LogP contribution >= 0.6 is 0 Å². The van der Waals surface area contributed by atoms with Crippen molar-refractivity contribution in [2.45, 2.75) is 24.2 Å². The fraction of sp³-hybridized carbons (Fsp3) is 0.364. The molecule has 0 bridgehead atoms. The van der Waals surface area contributed by atoms with E-state index in [0.29, 0.717) is 37.9 Å². The molecular formula is C22H26FN3O5S. The number of nitrogens with zero attached hydrogens (tertiary/aromatic N) is 1. The van der Waals surface area contributed by atoms with E-state index in [4.69, 9.17) is 0 Å². The Hall–Kier alpha value is -2.98. The lowest BCUT2D eigenvalue weighted by atomic mass is 9.97. The lowest BCUT2D eigenvalue weighted by Gasteiger charge is -2.30. The van der Waals surface area contributed by atoms with Gasteiger partial charge in [-0.3, -0.25) is 9.59 Å². The molecule has 32 heavy (non-hydrogen) atoms. The number of piperidine rings is 1. The van der Waals surface area contributed by atoms with Gasteiger partial charge in [-0.25, -0.2) is 12.8 Å². The minimum atomic E-state index is -3.71. The SMILES string of the molecule is O=C(NCCCNC(=O)C1CCN(S(=O)(=O)c2ccc(F)cc2)CC1)c1cccc(O)c1. The highest BCUT2D eigenvalue weighted by Gasteiger charge is 2.31. The summed E-state index contributed by atoms with van der Waals surface area (Å²) >= 11 is 0. The zero-order valence-electron chi connectivity index (χ0n) is 17.5. The standard InChI is InChI=1S/C22H26FN3O5S/c23-18-5-7-20(8-6-18)32(30,31)26-13-9-16(10-14-26)21(28)24-11-2-12-25-22(29)17-3-1-4-19(27)15-17/h1,3-8,15-16,27H,2,9-14H2,(H,24,28)(H,25,29). The van der Waals surface area contributed by atoms with Crippen molar-refractivity contribution >= 4 is 21.8 Å². The Morgan fingerprint density at radius 3 is 2.34 bits per heavy atom. The number of aromatic hydroxyl groups is 1. The van der Waals surface area contributed by atoms with Crippen molar-refractivity contribution in [1.29, 1.82) is 0 Å². The number of phenolic OH excluding ortho intramolecular Hbond substituents is 1. The number of carbonyl (C=O) groups is 2. The third-order valence-electron chi connectivity index (χ3n) is 5.32. The maximum absolute atomic E-state index is 13.1. The Labute approximate surface area is 186 Å². The predicted molar refractivity (Wildman–Crippen MR) is 116 cm³/mol. The molecule has 1 saturated heterocycles. The van der Waals surface area contributed by atoms with Crippen LogP contribution < -0.4 is 10.6 Å². The van der Waals surface area contributed by atoms with E-state index in [-0.39, 0.29) is 41.5 Å². The lowest BCUT2D eigenvalue weighted by molar-refractivity contribution is -0.126. The topological polar surface area (TPSA) is 116 Å². The Bertz CT molecular complexity index is 1050. The third kappa shape index (κ3) is 6.04. The number of hydrogen-bond acceptors (Lipinski definition) is 5. The summed E-state index contributed by atoms with van der Waals surface area (Å²) in [4.78, 5) is 24.4. The summed E-state index contributed by atoms with van der Waals surface area (Å²) in [6.45, 7) is 1.19. The summed E-state index contributed by atoms with van der Waals surface area (Å²) in [6, 6.07) is 10.7. The first-order valence-corrected chi connectivity index (χ1v) is 11.8. The molecule has 1 aliphatic rings. The number of carbonyl (C=O) groups excluding carboxylic acids is 2. The van der Waals surface area contributed by atoms with Gasteiger partial charge in [-0.1, -0.05) is 6.07 Å². The highest BCUT2D eigenvalue weighted by Crippen LogP contribution is 2.24. The number of benzene rings is 2. The number of amides is 2. The van der Waals surface area contributed by atoms with Crippen molar-refractivity contribution in [3.05, 3.63) is 59.9 Å². The molecule has 0 aromatic heterocycles. The van der Waals surface area contributed by atoms with Gasteiger partial charge in [-0.05, 0) is 61.7 Å². The molecule has 1 fully saturated rings. The second kappa shape index (κ2) is 10.6. The smallest absolute Gasteiger partial charge is 0.251 e. The maximum Gasteiger partial charge on any atom is 0.251 e. The fourth-order valence-corrected chi connectivity index (χ4v) is 4.98. The first-order valence-electron chi connectivity index (χ1n) is 10.4. The lowest BCUT2D eigenvalue weighted by Crippen LogP contribution is -2.43. The van der Waals surface area contributed by atoms with Crippen molar-refractivity contribution in [1.82, 2.24) is 14.9 Å². The van der Waals surface area contributed by atoms with Crippen LogP contribution in [0.3, 0.4) is 0 Å². The van der Waals surface area contributed by atoms with E-state index in [1.165, 1.54) is 28.6 Å². The fourth-order valence-electron chi connectivity index (χ4n) is 3.51. The molecule has 0 spiro atoms. The molecule has 1 heterocycles. The van der Waals surface area contributed by atoms with E-state index in [1.54, 1.807) is 12.1 Å². The van der Waals surface area contributed by atoms with E-state index < -0.39 is 15.8 Å². The van der Waals surface area contributed by atoms with E-state index >= 15 is 0 Å². The number of rotatable bonds is 8. The van der Waals surface area contributed by atoms with Crippen LogP contribution in [-0.4, -0.2) is 55.8 Å². The first kappa shape index (κ1) is 23.7. The van der Waals surface area contributed by atoms with Crippen LogP contribution in [0.4, 0.5) is 4.39 Å². The summed E-state index contributed by atoms with van der Waals surface area (Å²) in [7, 11) is -3.71. The Morgan fingerprint density at radius 1 is 1.03 bits per heavy atom. The molecule has 0 unspecified atom stereocenters. The minimum Gasteiger partial charge on any atom is -0.508 e. The number of halogens is 1. The largest absolute Gasteiger partial charge is 0.508 e. The van der Waals surface area contributed by atoms with Crippen molar-refractivity contribution < 1.29 is 27.5 Å². The predicted octanol–water partition coefficient (Wildman–Crippen LogP) is 1.87. The van der Waals surface area contributed by atoms with E-state index in [9.17, 15) is 27.5 Å². The van der Waals surface area contributed by atoms with Gasteiger partial charge in [0.15, 0.2) is 0 Å². The number of hydrogen-bond donors (Lipinski definition) is 3. The highest BCUT2D eigenvalue weighted by atomic mass is 32.2. The van der Waals surface area contributed by atoms with E-state index in [2.05, 4.69) is 10.6 Å². The van der Waals surface area contributed by atoms with Gasteiger partial charge in [0.2, 0.25) is 15.9 Å². The monoisotopic (exact) mass is 463 g/mol. The number of sulfonamides is 1. The third-order valence-corrected chi connectivity index (χ3v) is 7.24. The number of nitrogens with one attached hydrogen (secondary N) is 2. The van der Waals surface area contributed by atoms with Crippen LogP contribution in [0.25, 0.3) is 0 Å². The minimum absolute atomic E-state index is 0.0152. The van der Waals surface area contributed by atoms with Crippen molar-refractivity contribution in [2.75, 3.05) is 26.2 Å². The quantitative estimate of drug-likeness (QED) is 0.517. The van der Waals surface area contributed by atoms with Crippen molar-refractivity contribution in [2.24, 2.45) is 5.92 Å². The van der Waals surface area contributed by atoms with Crippen molar-refractivity contribution in [3.8, 4) is 5.75 Å².